The minimum absolute atomic E-state index is 0.00867. The molecular weight excluding hydrogens is 212 g/mol. The average molecular weight is 232 g/mol. The van der Waals surface area contributed by atoms with E-state index in [-0.39, 0.29) is 5.78 Å². The third-order valence-corrected chi connectivity index (χ3v) is 2.59. The molecule has 0 bridgehead atoms. The molecule has 0 saturated carbocycles. The standard InChI is InChI=1S/C14H20N2O/c1-4-5-6-10-15-11(2)13-8-7-9-14(16-13)12(3)17/h7-9H,4-6,10H2,1-3H3/b15-11-. The quantitative estimate of drug-likeness (QED) is 0.429. The van der Waals surface area contributed by atoms with Gasteiger partial charge in [-0.15, -0.1) is 0 Å². The third kappa shape index (κ3) is 4.47. The van der Waals surface area contributed by atoms with E-state index in [1.54, 1.807) is 6.07 Å². The number of hydrogen-bond acceptors (Lipinski definition) is 3. The van der Waals surface area contributed by atoms with E-state index in [2.05, 4.69) is 16.9 Å². The van der Waals surface area contributed by atoms with Crippen molar-refractivity contribution in [2.24, 2.45) is 4.99 Å². The van der Waals surface area contributed by atoms with E-state index in [4.69, 9.17) is 0 Å². The fraction of sp³-hybridized carbons (Fsp3) is 0.500. The highest BCUT2D eigenvalue weighted by Crippen LogP contribution is 2.03. The second-order valence-electron chi connectivity index (χ2n) is 4.14. The van der Waals surface area contributed by atoms with Crippen LogP contribution < -0.4 is 0 Å². The lowest BCUT2D eigenvalue weighted by molar-refractivity contribution is 0.101. The van der Waals surface area contributed by atoms with Crippen molar-refractivity contribution in [1.82, 2.24) is 4.98 Å². The highest BCUT2D eigenvalue weighted by molar-refractivity contribution is 5.99. The van der Waals surface area contributed by atoms with Crippen LogP contribution in [0.5, 0.6) is 0 Å². The third-order valence-electron chi connectivity index (χ3n) is 2.59. The summed E-state index contributed by atoms with van der Waals surface area (Å²) >= 11 is 0. The van der Waals surface area contributed by atoms with Crippen molar-refractivity contribution in [2.45, 2.75) is 40.0 Å². The van der Waals surface area contributed by atoms with Crippen molar-refractivity contribution in [2.75, 3.05) is 6.54 Å². The Hall–Kier alpha value is -1.51. The van der Waals surface area contributed by atoms with Crippen LogP contribution in [0.4, 0.5) is 0 Å². The normalized spacial score (nSPS) is 11.6. The van der Waals surface area contributed by atoms with Gasteiger partial charge in [-0.25, -0.2) is 4.98 Å². The van der Waals surface area contributed by atoms with Gasteiger partial charge in [0.05, 0.1) is 11.4 Å². The van der Waals surface area contributed by atoms with Gasteiger partial charge in [-0.2, -0.15) is 0 Å². The van der Waals surface area contributed by atoms with Gasteiger partial charge in [0.1, 0.15) is 5.69 Å². The molecule has 1 heterocycles. The Morgan fingerprint density at radius 1 is 1.24 bits per heavy atom. The topological polar surface area (TPSA) is 42.3 Å². The fourth-order valence-corrected chi connectivity index (χ4v) is 1.52. The van der Waals surface area contributed by atoms with Gasteiger partial charge in [-0.05, 0) is 25.5 Å². The zero-order valence-electron chi connectivity index (χ0n) is 10.9. The Morgan fingerprint density at radius 2 is 1.94 bits per heavy atom. The van der Waals surface area contributed by atoms with Crippen molar-refractivity contribution in [1.29, 1.82) is 0 Å². The average Bonchev–Trinajstić information content (AvgIpc) is 2.34. The number of carbonyl (C=O) groups excluding carboxylic acids is 1. The first-order chi connectivity index (χ1) is 8.15. The van der Waals surface area contributed by atoms with E-state index in [0.717, 1.165) is 24.4 Å². The number of carbonyl (C=O) groups is 1. The Bertz CT molecular complexity index is 410. The van der Waals surface area contributed by atoms with E-state index in [1.807, 2.05) is 19.1 Å². The van der Waals surface area contributed by atoms with Gasteiger partial charge in [-0.3, -0.25) is 9.79 Å². The number of pyridine rings is 1. The minimum Gasteiger partial charge on any atom is -0.293 e. The summed E-state index contributed by atoms with van der Waals surface area (Å²) in [6.07, 6.45) is 3.52. The second kappa shape index (κ2) is 6.94. The maximum absolute atomic E-state index is 11.2. The molecule has 17 heavy (non-hydrogen) atoms. The minimum atomic E-state index is -0.00867. The van der Waals surface area contributed by atoms with E-state index in [1.165, 1.54) is 19.8 Å². The fourth-order valence-electron chi connectivity index (χ4n) is 1.52. The van der Waals surface area contributed by atoms with Gasteiger partial charge in [0.25, 0.3) is 0 Å². The molecule has 0 amide bonds. The molecule has 1 aromatic rings. The molecule has 1 rings (SSSR count). The maximum Gasteiger partial charge on any atom is 0.178 e. The Kier molecular flexibility index (Phi) is 5.53. The number of hydrogen-bond donors (Lipinski definition) is 0. The van der Waals surface area contributed by atoms with Crippen molar-refractivity contribution < 1.29 is 4.79 Å². The molecule has 92 valence electrons. The molecule has 3 nitrogen and oxygen atoms in total. The lowest BCUT2D eigenvalue weighted by Crippen LogP contribution is -2.04. The predicted octanol–water partition coefficient (Wildman–Crippen LogP) is 3.28. The Balaban J connectivity index is 2.71. The summed E-state index contributed by atoms with van der Waals surface area (Å²) in [6, 6.07) is 5.48. The van der Waals surface area contributed by atoms with E-state index in [0.29, 0.717) is 5.69 Å². The highest BCUT2D eigenvalue weighted by Gasteiger charge is 2.04. The van der Waals surface area contributed by atoms with Gasteiger partial charge in [0, 0.05) is 13.5 Å². The Labute approximate surface area is 103 Å². The summed E-state index contributed by atoms with van der Waals surface area (Å²) in [7, 11) is 0. The van der Waals surface area contributed by atoms with Crippen LogP contribution in [0.1, 0.15) is 56.2 Å². The predicted molar refractivity (Wildman–Crippen MR) is 70.8 cm³/mol. The monoisotopic (exact) mass is 232 g/mol. The van der Waals surface area contributed by atoms with Crippen LogP contribution in [0.15, 0.2) is 23.2 Å². The van der Waals surface area contributed by atoms with E-state index >= 15 is 0 Å². The van der Waals surface area contributed by atoms with Crippen LogP contribution in [0.25, 0.3) is 0 Å². The number of ketones is 1. The first-order valence-corrected chi connectivity index (χ1v) is 6.14. The van der Waals surface area contributed by atoms with Gasteiger partial charge in [0.15, 0.2) is 5.78 Å². The smallest absolute Gasteiger partial charge is 0.178 e. The molecule has 0 atom stereocenters. The molecule has 0 aliphatic heterocycles. The highest BCUT2D eigenvalue weighted by atomic mass is 16.1. The van der Waals surface area contributed by atoms with E-state index in [9.17, 15) is 4.79 Å². The summed E-state index contributed by atoms with van der Waals surface area (Å²) in [5.74, 6) is -0.00867. The molecule has 1 aromatic heterocycles. The molecule has 0 aromatic carbocycles. The summed E-state index contributed by atoms with van der Waals surface area (Å²) in [5, 5.41) is 0. The maximum atomic E-state index is 11.2. The SMILES string of the molecule is CCCCC/N=C(/C)c1cccc(C(C)=O)n1. The van der Waals surface area contributed by atoms with Gasteiger partial charge < -0.3 is 0 Å². The zero-order chi connectivity index (χ0) is 12.7. The van der Waals surface area contributed by atoms with Crippen LogP contribution in [0.2, 0.25) is 0 Å². The molecule has 0 saturated heterocycles. The number of aromatic nitrogens is 1. The molecule has 3 heteroatoms. The second-order valence-corrected chi connectivity index (χ2v) is 4.14. The number of aliphatic imine (C=N–C) groups is 1. The molecule has 0 fully saturated rings. The van der Waals surface area contributed by atoms with Crippen LogP contribution in [-0.2, 0) is 0 Å². The summed E-state index contributed by atoms with van der Waals surface area (Å²) in [6.45, 7) is 6.48. The van der Waals surface area contributed by atoms with E-state index < -0.39 is 0 Å². The first kappa shape index (κ1) is 13.6. The molecule has 0 aliphatic carbocycles. The molecule has 0 N–H and O–H groups in total. The first-order valence-electron chi connectivity index (χ1n) is 6.14. The van der Waals surface area contributed by atoms with Crippen LogP contribution >= 0.6 is 0 Å². The summed E-state index contributed by atoms with van der Waals surface area (Å²) < 4.78 is 0. The van der Waals surface area contributed by atoms with Crippen molar-refractivity contribution in [3.8, 4) is 0 Å². The summed E-state index contributed by atoms with van der Waals surface area (Å²) in [5.41, 5.74) is 2.21. The number of nitrogens with zero attached hydrogens (tertiary/aromatic N) is 2. The van der Waals surface area contributed by atoms with Gasteiger partial charge in [0.2, 0.25) is 0 Å². The molecular formula is C14H20N2O. The molecule has 0 radical (unpaired) electrons. The Morgan fingerprint density at radius 3 is 2.59 bits per heavy atom. The van der Waals surface area contributed by atoms with Crippen molar-refractivity contribution in [3.05, 3.63) is 29.6 Å². The number of unbranched alkanes of at least 4 members (excludes halogenated alkanes) is 2. The van der Waals surface area contributed by atoms with Crippen molar-refractivity contribution >= 4 is 11.5 Å². The van der Waals surface area contributed by atoms with Crippen LogP contribution in [0, 0.1) is 0 Å². The van der Waals surface area contributed by atoms with Gasteiger partial charge >= 0.3 is 0 Å². The van der Waals surface area contributed by atoms with Gasteiger partial charge in [-0.1, -0.05) is 25.8 Å². The molecule has 0 aliphatic rings. The largest absolute Gasteiger partial charge is 0.293 e. The lowest BCUT2D eigenvalue weighted by Gasteiger charge is -2.02. The van der Waals surface area contributed by atoms with Crippen molar-refractivity contribution in [3.63, 3.8) is 0 Å². The lowest BCUT2D eigenvalue weighted by atomic mass is 10.2. The van der Waals surface area contributed by atoms with Crippen LogP contribution in [-0.4, -0.2) is 23.0 Å². The molecule has 0 spiro atoms. The summed E-state index contributed by atoms with van der Waals surface area (Å²) in [4.78, 5) is 20.0. The van der Waals surface area contributed by atoms with Crippen LogP contribution in [0.3, 0.4) is 0 Å². The molecule has 0 unspecified atom stereocenters. The number of rotatable bonds is 6. The zero-order valence-corrected chi connectivity index (χ0v) is 10.9. The number of Topliss-reactive ketones (excluding diaryl/α,β-unsaturated/α-hetero) is 1.